The van der Waals surface area contributed by atoms with E-state index in [9.17, 15) is 5.26 Å². The highest BCUT2D eigenvalue weighted by atomic mass is 14.9. The first-order valence-electron chi connectivity index (χ1n) is 5.96. The van der Waals surface area contributed by atoms with Crippen LogP contribution < -0.4 is 5.32 Å². The van der Waals surface area contributed by atoms with E-state index < -0.39 is 6.04 Å². The van der Waals surface area contributed by atoms with Gasteiger partial charge in [-0.15, -0.1) is 0 Å². The summed E-state index contributed by atoms with van der Waals surface area (Å²) in [7, 11) is 0. The average Bonchev–Trinajstić information content (AvgIpc) is 2.46. The fourth-order valence-electron chi connectivity index (χ4n) is 1.87. The first kappa shape index (κ1) is 12.7. The maximum Gasteiger partial charge on any atom is 0.140 e. The molecule has 3 heteroatoms. The molecule has 2 aromatic rings. The maximum absolute atomic E-state index is 9.28. The quantitative estimate of drug-likeness (QED) is 0.902. The van der Waals surface area contributed by atoms with Crippen LogP contribution in [0.15, 0.2) is 48.5 Å². The van der Waals surface area contributed by atoms with Crippen molar-refractivity contribution in [2.45, 2.75) is 13.0 Å². The van der Waals surface area contributed by atoms with Crippen LogP contribution in [0, 0.1) is 29.6 Å². The van der Waals surface area contributed by atoms with Crippen molar-refractivity contribution in [3.8, 4) is 12.1 Å². The van der Waals surface area contributed by atoms with Gasteiger partial charge in [-0.3, -0.25) is 0 Å². The highest BCUT2D eigenvalue weighted by Gasteiger charge is 2.12. The summed E-state index contributed by atoms with van der Waals surface area (Å²) < 4.78 is 0. The predicted octanol–water partition coefficient (Wildman–Crippen LogP) is 3.54. The molecule has 0 saturated carbocycles. The lowest BCUT2D eigenvalue weighted by molar-refractivity contribution is 0.995. The summed E-state index contributed by atoms with van der Waals surface area (Å²) in [5.41, 5.74) is 3.17. The van der Waals surface area contributed by atoms with E-state index >= 15 is 0 Å². The topological polar surface area (TPSA) is 59.6 Å². The largest absolute Gasteiger partial charge is 0.365 e. The van der Waals surface area contributed by atoms with Gasteiger partial charge >= 0.3 is 0 Å². The molecule has 92 valence electrons. The van der Waals surface area contributed by atoms with Crippen molar-refractivity contribution in [1.29, 1.82) is 10.5 Å². The van der Waals surface area contributed by atoms with Gasteiger partial charge in [-0.25, -0.2) is 0 Å². The van der Waals surface area contributed by atoms with Crippen molar-refractivity contribution >= 4 is 5.69 Å². The van der Waals surface area contributed by atoms with Gasteiger partial charge < -0.3 is 5.32 Å². The van der Waals surface area contributed by atoms with E-state index in [1.54, 1.807) is 6.07 Å². The Morgan fingerprint density at radius 3 is 2.42 bits per heavy atom. The van der Waals surface area contributed by atoms with Crippen molar-refractivity contribution in [2.24, 2.45) is 0 Å². The molecule has 19 heavy (non-hydrogen) atoms. The van der Waals surface area contributed by atoms with E-state index in [-0.39, 0.29) is 0 Å². The van der Waals surface area contributed by atoms with E-state index in [4.69, 9.17) is 5.26 Å². The molecule has 0 heterocycles. The van der Waals surface area contributed by atoms with Crippen LogP contribution in [0.5, 0.6) is 0 Å². The molecule has 2 aromatic carbocycles. The first-order chi connectivity index (χ1) is 9.24. The molecule has 0 saturated heterocycles. The molecule has 0 amide bonds. The number of nitrogens with zero attached hydrogens (tertiary/aromatic N) is 2. The summed E-state index contributed by atoms with van der Waals surface area (Å²) in [5.74, 6) is 0. The van der Waals surface area contributed by atoms with Gasteiger partial charge in [0.15, 0.2) is 0 Å². The molecule has 1 N–H and O–H groups in total. The minimum Gasteiger partial charge on any atom is -0.365 e. The number of nitrogens with one attached hydrogen (secondary N) is 1. The number of nitriles is 2. The second kappa shape index (κ2) is 5.71. The van der Waals surface area contributed by atoms with E-state index in [2.05, 4.69) is 17.5 Å². The Kier molecular flexibility index (Phi) is 3.81. The summed E-state index contributed by atoms with van der Waals surface area (Å²) in [6, 6.07) is 18.9. The monoisotopic (exact) mass is 247 g/mol. The highest BCUT2D eigenvalue weighted by Crippen LogP contribution is 2.23. The molecule has 3 nitrogen and oxygen atoms in total. The maximum atomic E-state index is 9.28. The molecule has 0 fully saturated rings. The van der Waals surface area contributed by atoms with Gasteiger partial charge in [0.1, 0.15) is 12.1 Å². The molecular formula is C16H13N3. The van der Waals surface area contributed by atoms with Gasteiger partial charge in [0.05, 0.1) is 17.3 Å². The zero-order valence-corrected chi connectivity index (χ0v) is 10.6. The standard InChI is InChI=1S/C16H13N3/c1-12-7-8-14(10-17)15(9-12)19-16(11-18)13-5-3-2-4-6-13/h2-9,16,19H,1H3. The van der Waals surface area contributed by atoms with Gasteiger partial charge in [-0.2, -0.15) is 10.5 Å². The van der Waals surface area contributed by atoms with Crippen LogP contribution in [0.25, 0.3) is 0 Å². The van der Waals surface area contributed by atoms with Crippen LogP contribution in [0.1, 0.15) is 22.7 Å². The lowest BCUT2D eigenvalue weighted by Gasteiger charge is -2.14. The summed E-state index contributed by atoms with van der Waals surface area (Å²) in [5, 5.41) is 21.5. The average molecular weight is 247 g/mol. The zero-order chi connectivity index (χ0) is 13.7. The van der Waals surface area contributed by atoms with Gasteiger partial charge in [0.25, 0.3) is 0 Å². The third kappa shape index (κ3) is 2.91. The van der Waals surface area contributed by atoms with Crippen LogP contribution >= 0.6 is 0 Å². The van der Waals surface area contributed by atoms with E-state index in [1.807, 2.05) is 49.4 Å². The minimum atomic E-state index is -0.463. The second-order valence-electron chi connectivity index (χ2n) is 4.28. The van der Waals surface area contributed by atoms with Gasteiger partial charge in [0, 0.05) is 0 Å². The third-order valence-electron chi connectivity index (χ3n) is 2.86. The van der Waals surface area contributed by atoms with Crippen LogP contribution in [-0.4, -0.2) is 0 Å². The fourth-order valence-corrected chi connectivity index (χ4v) is 1.87. The molecule has 0 bridgehead atoms. The highest BCUT2D eigenvalue weighted by molar-refractivity contribution is 5.60. The Morgan fingerprint density at radius 2 is 1.79 bits per heavy atom. The van der Waals surface area contributed by atoms with E-state index in [1.165, 1.54) is 0 Å². The molecule has 0 spiro atoms. The smallest absolute Gasteiger partial charge is 0.140 e. The van der Waals surface area contributed by atoms with Crippen LogP contribution in [0.3, 0.4) is 0 Å². The lowest BCUT2D eigenvalue weighted by Crippen LogP contribution is -2.09. The Hall–Kier alpha value is -2.78. The number of rotatable bonds is 3. The molecule has 0 radical (unpaired) electrons. The van der Waals surface area contributed by atoms with E-state index in [0.29, 0.717) is 11.3 Å². The number of hydrogen-bond donors (Lipinski definition) is 1. The van der Waals surface area contributed by atoms with Crippen molar-refractivity contribution in [3.63, 3.8) is 0 Å². The number of aryl methyl sites for hydroxylation is 1. The van der Waals surface area contributed by atoms with Gasteiger partial charge in [0.2, 0.25) is 0 Å². The first-order valence-corrected chi connectivity index (χ1v) is 5.96. The van der Waals surface area contributed by atoms with Crippen LogP contribution in [0.2, 0.25) is 0 Å². The molecule has 0 aromatic heterocycles. The lowest BCUT2D eigenvalue weighted by atomic mass is 10.1. The molecule has 0 aliphatic heterocycles. The number of benzene rings is 2. The third-order valence-corrected chi connectivity index (χ3v) is 2.86. The fraction of sp³-hybridized carbons (Fsp3) is 0.125. The van der Waals surface area contributed by atoms with Crippen molar-refractivity contribution in [3.05, 3.63) is 65.2 Å². The Morgan fingerprint density at radius 1 is 1.05 bits per heavy atom. The Labute approximate surface area is 112 Å². The molecule has 1 atom stereocenters. The Bertz CT molecular complexity index is 648. The SMILES string of the molecule is Cc1ccc(C#N)c(NC(C#N)c2ccccc2)c1. The van der Waals surface area contributed by atoms with Crippen molar-refractivity contribution < 1.29 is 0 Å². The molecular weight excluding hydrogens is 234 g/mol. The van der Waals surface area contributed by atoms with Crippen molar-refractivity contribution in [2.75, 3.05) is 5.32 Å². The predicted molar refractivity (Wildman–Crippen MR) is 74.3 cm³/mol. The van der Waals surface area contributed by atoms with E-state index in [0.717, 1.165) is 11.1 Å². The minimum absolute atomic E-state index is 0.463. The van der Waals surface area contributed by atoms with Crippen molar-refractivity contribution in [1.82, 2.24) is 0 Å². The summed E-state index contributed by atoms with van der Waals surface area (Å²) in [6.45, 7) is 1.95. The van der Waals surface area contributed by atoms with Crippen LogP contribution in [-0.2, 0) is 0 Å². The summed E-state index contributed by atoms with van der Waals surface area (Å²) >= 11 is 0. The normalized spacial score (nSPS) is 11.1. The molecule has 2 rings (SSSR count). The van der Waals surface area contributed by atoms with Gasteiger partial charge in [-0.05, 0) is 30.2 Å². The molecule has 1 unspecified atom stereocenters. The van der Waals surface area contributed by atoms with Gasteiger partial charge in [-0.1, -0.05) is 36.4 Å². The second-order valence-corrected chi connectivity index (χ2v) is 4.28. The number of hydrogen-bond acceptors (Lipinski definition) is 3. The number of anilines is 1. The zero-order valence-electron chi connectivity index (χ0n) is 10.6. The molecule has 0 aliphatic carbocycles. The summed E-state index contributed by atoms with van der Waals surface area (Å²) in [6.07, 6.45) is 0. The Balaban J connectivity index is 2.32. The summed E-state index contributed by atoms with van der Waals surface area (Å²) in [4.78, 5) is 0. The van der Waals surface area contributed by atoms with Crippen LogP contribution in [0.4, 0.5) is 5.69 Å². The molecule has 0 aliphatic rings.